The zero-order valence-corrected chi connectivity index (χ0v) is 13.2. The van der Waals surface area contributed by atoms with Crippen LogP contribution in [0.25, 0.3) is 0 Å². The van der Waals surface area contributed by atoms with Gasteiger partial charge in [0.15, 0.2) is 0 Å². The zero-order valence-electron chi connectivity index (χ0n) is 13.2. The van der Waals surface area contributed by atoms with Crippen LogP contribution in [-0.4, -0.2) is 24.8 Å². The molecule has 2 atom stereocenters. The van der Waals surface area contributed by atoms with Crippen LogP contribution in [0.3, 0.4) is 0 Å². The zero-order chi connectivity index (χ0) is 16.1. The van der Waals surface area contributed by atoms with E-state index < -0.39 is 6.09 Å². The van der Waals surface area contributed by atoms with E-state index in [1.165, 1.54) is 11.1 Å². The van der Waals surface area contributed by atoms with Gasteiger partial charge < -0.3 is 14.8 Å². The van der Waals surface area contributed by atoms with Crippen LogP contribution in [-0.2, 0) is 22.5 Å². The van der Waals surface area contributed by atoms with E-state index in [4.69, 9.17) is 9.47 Å². The van der Waals surface area contributed by atoms with Crippen LogP contribution in [0, 0.1) is 6.92 Å². The highest BCUT2D eigenvalue weighted by atomic mass is 16.6. The molecule has 23 heavy (non-hydrogen) atoms. The average Bonchev–Trinajstić information content (AvgIpc) is 3.40. The largest absolute Gasteiger partial charge is 0.445 e. The van der Waals surface area contributed by atoms with Gasteiger partial charge in [-0.15, -0.1) is 0 Å². The topological polar surface area (TPSA) is 50.9 Å². The second kappa shape index (κ2) is 7.29. The van der Waals surface area contributed by atoms with E-state index in [-0.39, 0.29) is 18.8 Å². The van der Waals surface area contributed by atoms with Crippen molar-refractivity contribution in [3.8, 4) is 0 Å². The molecule has 1 fully saturated rings. The summed E-state index contributed by atoms with van der Waals surface area (Å²) < 4.78 is 10.6. The number of rotatable bonds is 6. The molecule has 0 bridgehead atoms. The van der Waals surface area contributed by atoms with Crippen molar-refractivity contribution in [1.82, 2.24) is 5.32 Å². The second-order valence-electron chi connectivity index (χ2n) is 5.87. The number of benzene rings is 2. The lowest BCUT2D eigenvalue weighted by Gasteiger charge is -2.17. The van der Waals surface area contributed by atoms with Crippen LogP contribution in [0.4, 0.5) is 4.79 Å². The van der Waals surface area contributed by atoms with Gasteiger partial charge in [-0.1, -0.05) is 60.2 Å². The Morgan fingerprint density at radius 1 is 1.17 bits per heavy atom. The fraction of sp³-hybridized carbons (Fsp3) is 0.316. The molecule has 0 saturated carbocycles. The molecule has 2 aromatic carbocycles. The third-order valence-electron chi connectivity index (χ3n) is 3.90. The molecule has 3 rings (SSSR count). The number of carbonyl (C=O) groups is 1. The van der Waals surface area contributed by atoms with Gasteiger partial charge in [-0.25, -0.2) is 4.79 Å². The standard InChI is InChI=1S/C19H21NO3/c1-14-7-9-15(10-8-14)11-17(18-13-22-18)20-19(21)23-12-16-5-3-2-4-6-16/h2-10,17-18H,11-13H2,1H3,(H,20,21)/t17-,18+/m0/s1. The Hall–Kier alpha value is -2.33. The fourth-order valence-electron chi connectivity index (χ4n) is 2.46. The average molecular weight is 311 g/mol. The third-order valence-corrected chi connectivity index (χ3v) is 3.90. The number of epoxide rings is 1. The Labute approximate surface area is 136 Å². The Morgan fingerprint density at radius 2 is 1.87 bits per heavy atom. The highest BCUT2D eigenvalue weighted by molar-refractivity contribution is 5.67. The fourth-order valence-corrected chi connectivity index (χ4v) is 2.46. The van der Waals surface area contributed by atoms with Gasteiger partial charge in [0.25, 0.3) is 0 Å². The Bertz CT molecular complexity index is 635. The maximum Gasteiger partial charge on any atom is 0.407 e. The van der Waals surface area contributed by atoms with Crippen molar-refractivity contribution in [3.05, 3.63) is 71.3 Å². The first-order chi connectivity index (χ1) is 11.2. The molecule has 0 spiro atoms. The van der Waals surface area contributed by atoms with Gasteiger partial charge in [-0.05, 0) is 24.5 Å². The number of hydrogen-bond acceptors (Lipinski definition) is 3. The van der Waals surface area contributed by atoms with Crippen LogP contribution in [0.2, 0.25) is 0 Å². The molecule has 120 valence electrons. The molecule has 1 aliphatic heterocycles. The third kappa shape index (κ3) is 4.83. The first-order valence-electron chi connectivity index (χ1n) is 7.85. The summed E-state index contributed by atoms with van der Waals surface area (Å²) in [5.74, 6) is 0. The summed E-state index contributed by atoms with van der Waals surface area (Å²) in [6.07, 6.45) is 0.424. The molecule has 4 heteroatoms. The molecule has 1 amide bonds. The van der Waals surface area contributed by atoms with Crippen molar-refractivity contribution in [3.63, 3.8) is 0 Å². The first-order valence-corrected chi connectivity index (χ1v) is 7.85. The molecule has 0 aromatic heterocycles. The summed E-state index contributed by atoms with van der Waals surface area (Å²) in [6, 6.07) is 17.9. The minimum atomic E-state index is -0.401. The molecular formula is C19H21NO3. The normalized spacial score (nSPS) is 17.3. The predicted octanol–water partition coefficient (Wildman–Crippen LogP) is 3.23. The monoisotopic (exact) mass is 311 g/mol. The van der Waals surface area contributed by atoms with E-state index in [0.29, 0.717) is 6.61 Å². The lowest BCUT2D eigenvalue weighted by Crippen LogP contribution is -2.40. The highest BCUT2D eigenvalue weighted by Crippen LogP contribution is 2.18. The van der Waals surface area contributed by atoms with E-state index in [9.17, 15) is 4.79 Å². The summed E-state index contributed by atoms with van der Waals surface area (Å²) in [6.45, 7) is 3.02. The number of hydrogen-bond donors (Lipinski definition) is 1. The van der Waals surface area contributed by atoms with Gasteiger partial charge in [-0.3, -0.25) is 0 Å². The Balaban J connectivity index is 1.52. The molecule has 0 aliphatic carbocycles. The molecule has 1 N–H and O–H groups in total. The maximum absolute atomic E-state index is 12.0. The van der Waals surface area contributed by atoms with Crippen molar-refractivity contribution in [2.45, 2.75) is 32.1 Å². The van der Waals surface area contributed by atoms with Crippen molar-refractivity contribution in [1.29, 1.82) is 0 Å². The van der Waals surface area contributed by atoms with Crippen LogP contribution in [0.15, 0.2) is 54.6 Å². The number of nitrogens with one attached hydrogen (secondary N) is 1. The van der Waals surface area contributed by atoms with Gasteiger partial charge in [0.1, 0.15) is 12.7 Å². The highest BCUT2D eigenvalue weighted by Gasteiger charge is 2.34. The Kier molecular flexibility index (Phi) is 4.93. The minimum Gasteiger partial charge on any atom is -0.445 e. The van der Waals surface area contributed by atoms with E-state index in [1.807, 2.05) is 30.3 Å². The first kappa shape index (κ1) is 15.6. The van der Waals surface area contributed by atoms with Gasteiger partial charge in [-0.2, -0.15) is 0 Å². The van der Waals surface area contributed by atoms with E-state index >= 15 is 0 Å². The van der Waals surface area contributed by atoms with E-state index in [0.717, 1.165) is 12.0 Å². The quantitative estimate of drug-likeness (QED) is 0.833. The molecule has 1 heterocycles. The number of amides is 1. The van der Waals surface area contributed by atoms with Crippen molar-refractivity contribution >= 4 is 6.09 Å². The van der Waals surface area contributed by atoms with Gasteiger partial charge >= 0.3 is 6.09 Å². The van der Waals surface area contributed by atoms with Crippen LogP contribution >= 0.6 is 0 Å². The summed E-state index contributed by atoms with van der Waals surface area (Å²) in [5, 5.41) is 2.93. The van der Waals surface area contributed by atoms with Gasteiger partial charge in [0, 0.05) is 0 Å². The van der Waals surface area contributed by atoms with E-state index in [1.54, 1.807) is 0 Å². The van der Waals surface area contributed by atoms with E-state index in [2.05, 4.69) is 36.5 Å². The number of alkyl carbamates (subject to hydrolysis) is 1. The predicted molar refractivity (Wildman–Crippen MR) is 88.2 cm³/mol. The number of aryl methyl sites for hydroxylation is 1. The second-order valence-corrected chi connectivity index (χ2v) is 5.87. The number of carbonyl (C=O) groups excluding carboxylic acids is 1. The van der Waals surface area contributed by atoms with Crippen molar-refractivity contribution in [2.24, 2.45) is 0 Å². The maximum atomic E-state index is 12.0. The van der Waals surface area contributed by atoms with Crippen LogP contribution in [0.5, 0.6) is 0 Å². The lowest BCUT2D eigenvalue weighted by atomic mass is 10.0. The summed E-state index contributed by atoms with van der Waals surface area (Å²) in [4.78, 5) is 12.0. The Morgan fingerprint density at radius 3 is 2.52 bits per heavy atom. The van der Waals surface area contributed by atoms with Gasteiger partial charge in [0.05, 0.1) is 12.6 Å². The lowest BCUT2D eigenvalue weighted by molar-refractivity contribution is 0.133. The molecule has 4 nitrogen and oxygen atoms in total. The smallest absolute Gasteiger partial charge is 0.407 e. The molecular weight excluding hydrogens is 290 g/mol. The minimum absolute atomic E-state index is 0.0546. The molecule has 0 radical (unpaired) electrons. The molecule has 1 aliphatic rings. The summed E-state index contributed by atoms with van der Waals surface area (Å²) >= 11 is 0. The molecule has 0 unspecified atom stereocenters. The number of ether oxygens (including phenoxy) is 2. The summed E-state index contributed by atoms with van der Waals surface area (Å²) in [5.41, 5.74) is 3.38. The van der Waals surface area contributed by atoms with Crippen LogP contribution in [0.1, 0.15) is 16.7 Å². The van der Waals surface area contributed by atoms with Gasteiger partial charge in [0.2, 0.25) is 0 Å². The SMILES string of the molecule is Cc1ccc(C[C@H](NC(=O)OCc2ccccc2)[C@H]2CO2)cc1. The van der Waals surface area contributed by atoms with Crippen molar-refractivity contribution in [2.75, 3.05) is 6.61 Å². The molecule has 2 aromatic rings. The summed E-state index contributed by atoms with van der Waals surface area (Å²) in [7, 11) is 0. The molecule has 1 saturated heterocycles. The van der Waals surface area contributed by atoms with Crippen molar-refractivity contribution < 1.29 is 14.3 Å². The van der Waals surface area contributed by atoms with Crippen LogP contribution < -0.4 is 5.32 Å².